The van der Waals surface area contributed by atoms with Gasteiger partial charge in [0.15, 0.2) is 6.10 Å². The molecule has 1 fully saturated rings. The number of amides is 1. The summed E-state index contributed by atoms with van der Waals surface area (Å²) in [6.07, 6.45) is 6.04. The van der Waals surface area contributed by atoms with Crippen LogP contribution in [0.2, 0.25) is 0 Å². The fourth-order valence-electron chi connectivity index (χ4n) is 6.52. The fraction of sp³-hybridized carbons (Fsp3) is 0.517. The molecule has 1 aromatic carbocycles. The third-order valence-corrected chi connectivity index (χ3v) is 8.56. The molecule has 1 saturated carbocycles. The number of hydrogen-bond acceptors (Lipinski definition) is 7. The Bertz CT molecular complexity index is 1420. The first-order valence-electron chi connectivity index (χ1n) is 13.6. The Balaban J connectivity index is 1.51. The smallest absolute Gasteiger partial charge is 0.414 e. The van der Waals surface area contributed by atoms with Gasteiger partial charge in [-0.05, 0) is 64.2 Å². The SMILES string of the molecule is COC(=O)N1c2ccc3c(nc([C@@H](O)c4cc5c(cn4)OCC5)n3[C@@H]3CCC[C@@H](C(C)=O)C3)c2CC[C@@H]1C. The van der Waals surface area contributed by atoms with Gasteiger partial charge >= 0.3 is 6.09 Å². The van der Waals surface area contributed by atoms with E-state index in [1.807, 2.05) is 25.1 Å². The summed E-state index contributed by atoms with van der Waals surface area (Å²) in [7, 11) is 1.40. The van der Waals surface area contributed by atoms with Crippen molar-refractivity contribution >= 4 is 28.6 Å². The minimum Gasteiger partial charge on any atom is -0.491 e. The minimum atomic E-state index is -1.04. The molecule has 0 bridgehead atoms. The van der Waals surface area contributed by atoms with Crippen molar-refractivity contribution in [1.82, 2.24) is 14.5 Å². The topological polar surface area (TPSA) is 107 Å². The van der Waals surface area contributed by atoms with Crippen molar-refractivity contribution in [2.45, 2.75) is 77.0 Å². The first-order valence-corrected chi connectivity index (χ1v) is 13.6. The van der Waals surface area contributed by atoms with Crippen LogP contribution >= 0.6 is 0 Å². The number of methoxy groups -OCH3 is 1. The van der Waals surface area contributed by atoms with Crippen molar-refractivity contribution in [1.29, 1.82) is 0 Å². The Labute approximate surface area is 221 Å². The van der Waals surface area contributed by atoms with E-state index in [9.17, 15) is 14.7 Å². The number of aryl methyl sites for hydroxylation is 1. The van der Waals surface area contributed by atoms with Crippen molar-refractivity contribution < 1.29 is 24.2 Å². The quantitative estimate of drug-likeness (QED) is 0.535. The number of carbonyl (C=O) groups excluding carboxylic acids is 2. The van der Waals surface area contributed by atoms with Gasteiger partial charge in [-0.3, -0.25) is 14.7 Å². The largest absolute Gasteiger partial charge is 0.491 e. The van der Waals surface area contributed by atoms with Gasteiger partial charge in [-0.15, -0.1) is 0 Å². The first-order chi connectivity index (χ1) is 18.4. The zero-order chi connectivity index (χ0) is 26.6. The third kappa shape index (κ3) is 4.04. The van der Waals surface area contributed by atoms with Crippen molar-refractivity contribution in [2.75, 3.05) is 18.6 Å². The van der Waals surface area contributed by atoms with Crippen LogP contribution in [-0.4, -0.2) is 51.3 Å². The number of hydrogen-bond donors (Lipinski definition) is 1. The lowest BCUT2D eigenvalue weighted by Gasteiger charge is -2.34. The summed E-state index contributed by atoms with van der Waals surface area (Å²) in [6.45, 7) is 4.31. The van der Waals surface area contributed by atoms with Gasteiger partial charge in [0.25, 0.3) is 0 Å². The molecule has 4 atom stereocenters. The van der Waals surface area contributed by atoms with E-state index in [-0.39, 0.29) is 23.8 Å². The Kier molecular flexibility index (Phi) is 6.34. The van der Waals surface area contributed by atoms with Gasteiger partial charge in [0.1, 0.15) is 17.4 Å². The Morgan fingerprint density at radius 2 is 2.05 bits per heavy atom. The number of imidazole rings is 1. The number of ether oxygens (including phenoxy) is 2. The highest BCUT2D eigenvalue weighted by atomic mass is 16.5. The predicted molar refractivity (Wildman–Crippen MR) is 142 cm³/mol. The van der Waals surface area contributed by atoms with Gasteiger partial charge in [-0.1, -0.05) is 6.42 Å². The number of anilines is 1. The number of Topliss-reactive ketones (excluding diaryl/α,β-unsaturated/α-hetero) is 1. The molecule has 2 aromatic heterocycles. The normalized spacial score (nSPS) is 23.5. The van der Waals surface area contributed by atoms with E-state index < -0.39 is 12.2 Å². The lowest BCUT2D eigenvalue weighted by Crippen LogP contribution is -2.42. The maximum atomic E-state index is 12.7. The zero-order valence-electron chi connectivity index (χ0n) is 22.1. The number of nitrogens with zero attached hydrogens (tertiary/aromatic N) is 4. The third-order valence-electron chi connectivity index (χ3n) is 8.56. The van der Waals surface area contributed by atoms with Crippen molar-refractivity contribution in [2.24, 2.45) is 5.92 Å². The monoisotopic (exact) mass is 518 g/mol. The predicted octanol–water partition coefficient (Wildman–Crippen LogP) is 4.68. The summed E-state index contributed by atoms with van der Waals surface area (Å²) in [4.78, 5) is 36.3. The molecular formula is C29H34N4O5. The van der Waals surface area contributed by atoms with Gasteiger partial charge in [0.2, 0.25) is 0 Å². The van der Waals surface area contributed by atoms with Crippen LogP contribution < -0.4 is 9.64 Å². The number of pyridine rings is 1. The average Bonchev–Trinajstić information content (AvgIpc) is 3.56. The lowest BCUT2D eigenvalue weighted by molar-refractivity contribution is -0.122. The lowest BCUT2D eigenvalue weighted by atomic mass is 9.83. The number of ketones is 1. The van der Waals surface area contributed by atoms with Crippen LogP contribution in [0.3, 0.4) is 0 Å². The van der Waals surface area contributed by atoms with Crippen LogP contribution in [0.15, 0.2) is 24.4 Å². The van der Waals surface area contributed by atoms with E-state index in [1.54, 1.807) is 18.0 Å². The summed E-state index contributed by atoms with van der Waals surface area (Å²) in [5.41, 5.74) is 5.04. The summed E-state index contributed by atoms with van der Waals surface area (Å²) in [6, 6.07) is 5.91. The number of fused-ring (bicyclic) bond motifs is 4. The molecule has 0 unspecified atom stereocenters. The van der Waals surface area contributed by atoms with E-state index >= 15 is 0 Å². The van der Waals surface area contributed by atoms with Crippen molar-refractivity contribution in [3.63, 3.8) is 0 Å². The standard InChI is InChI=1S/C29H34N4O5/c1-16-7-8-21-23(32(16)29(36)37-3)9-10-24-26(21)31-28(33(24)20-6-4-5-18(13-20)17(2)34)27(35)22-14-19-11-12-38-25(19)15-30-22/h9-10,14-16,18,20,27,35H,4-8,11-13H2,1-3H3/t16-,18+,20+,27-/m0/s1. The number of benzene rings is 1. The molecule has 6 rings (SSSR count). The second kappa shape index (κ2) is 9.69. The summed E-state index contributed by atoms with van der Waals surface area (Å²) < 4.78 is 12.8. The van der Waals surface area contributed by atoms with E-state index in [0.717, 1.165) is 72.1 Å². The molecule has 3 aliphatic rings. The number of aromatic nitrogens is 3. The molecule has 9 nitrogen and oxygen atoms in total. The summed E-state index contributed by atoms with van der Waals surface area (Å²) >= 11 is 0. The molecule has 0 spiro atoms. The Morgan fingerprint density at radius 1 is 1.21 bits per heavy atom. The maximum Gasteiger partial charge on any atom is 0.414 e. The Hall–Kier alpha value is -3.46. The first kappa shape index (κ1) is 24.9. The molecule has 1 amide bonds. The molecule has 200 valence electrons. The highest BCUT2D eigenvalue weighted by Crippen LogP contribution is 2.42. The second-order valence-corrected chi connectivity index (χ2v) is 10.8. The molecule has 1 N–H and O–H groups in total. The summed E-state index contributed by atoms with van der Waals surface area (Å²) in [5, 5.41) is 11.7. The molecule has 0 saturated heterocycles. The second-order valence-electron chi connectivity index (χ2n) is 10.8. The van der Waals surface area contributed by atoms with Crippen LogP contribution in [0.4, 0.5) is 10.5 Å². The van der Waals surface area contributed by atoms with Crippen LogP contribution in [0.1, 0.15) is 80.7 Å². The molecule has 38 heavy (non-hydrogen) atoms. The van der Waals surface area contributed by atoms with E-state index in [0.29, 0.717) is 24.5 Å². The van der Waals surface area contributed by atoms with Gasteiger partial charge in [0.05, 0.1) is 42.3 Å². The van der Waals surface area contributed by atoms with Crippen LogP contribution in [0, 0.1) is 5.92 Å². The van der Waals surface area contributed by atoms with Gasteiger partial charge in [0, 0.05) is 35.5 Å². The number of carbonyl (C=O) groups is 2. The van der Waals surface area contributed by atoms with Crippen LogP contribution in [-0.2, 0) is 22.4 Å². The minimum absolute atomic E-state index is 0.000228. The van der Waals surface area contributed by atoms with Crippen molar-refractivity contribution in [3.8, 4) is 5.75 Å². The highest BCUT2D eigenvalue weighted by Gasteiger charge is 2.35. The Morgan fingerprint density at radius 3 is 2.84 bits per heavy atom. The number of aliphatic hydroxyl groups is 1. The van der Waals surface area contributed by atoms with Crippen LogP contribution in [0.25, 0.3) is 11.0 Å². The average molecular weight is 519 g/mol. The van der Waals surface area contributed by atoms with Gasteiger partial charge in [-0.25, -0.2) is 9.78 Å². The summed E-state index contributed by atoms with van der Waals surface area (Å²) in [5.74, 6) is 1.50. The number of rotatable bonds is 4. The molecule has 4 heterocycles. The van der Waals surface area contributed by atoms with Gasteiger partial charge in [-0.2, -0.15) is 0 Å². The molecule has 0 radical (unpaired) electrons. The van der Waals surface area contributed by atoms with Gasteiger partial charge < -0.3 is 19.1 Å². The molecule has 9 heteroatoms. The van der Waals surface area contributed by atoms with E-state index in [1.165, 1.54) is 7.11 Å². The highest BCUT2D eigenvalue weighted by molar-refractivity contribution is 5.95. The van der Waals surface area contributed by atoms with Crippen molar-refractivity contribution in [3.05, 3.63) is 47.0 Å². The molecule has 2 aliphatic heterocycles. The van der Waals surface area contributed by atoms with E-state index in [2.05, 4.69) is 9.55 Å². The molecular weight excluding hydrogens is 484 g/mol. The van der Waals surface area contributed by atoms with E-state index in [4.69, 9.17) is 14.5 Å². The zero-order valence-corrected chi connectivity index (χ0v) is 22.1. The number of aliphatic hydroxyl groups excluding tert-OH is 1. The molecule has 3 aromatic rings. The van der Waals surface area contributed by atoms with Crippen LogP contribution in [0.5, 0.6) is 5.75 Å². The maximum absolute atomic E-state index is 12.7. The molecule has 1 aliphatic carbocycles. The fourth-order valence-corrected chi connectivity index (χ4v) is 6.52.